The van der Waals surface area contributed by atoms with Gasteiger partial charge in [0, 0.05) is 33.1 Å². The Balaban J connectivity index is 0.00000363. The molecule has 32 heavy (non-hydrogen) atoms. The summed E-state index contributed by atoms with van der Waals surface area (Å²) in [5.41, 5.74) is 2.11. The summed E-state index contributed by atoms with van der Waals surface area (Å²) in [5, 5.41) is 6.48. The summed E-state index contributed by atoms with van der Waals surface area (Å²) in [7, 11) is 7.18. The van der Waals surface area contributed by atoms with Crippen LogP contribution >= 0.6 is 35.3 Å². The van der Waals surface area contributed by atoms with Crippen LogP contribution in [0, 0.1) is 0 Å². The quantitative estimate of drug-likeness (QED) is 0.258. The monoisotopic (exact) mass is 574 g/mol. The molecule has 0 saturated heterocycles. The third kappa shape index (κ3) is 7.21. The highest BCUT2D eigenvalue weighted by molar-refractivity contribution is 14.0. The summed E-state index contributed by atoms with van der Waals surface area (Å²) >= 11 is 1.62. The van der Waals surface area contributed by atoms with Gasteiger partial charge in [-0.05, 0) is 50.3 Å². The molecule has 1 atom stereocenters. The van der Waals surface area contributed by atoms with E-state index in [0.717, 1.165) is 46.6 Å². The van der Waals surface area contributed by atoms with Gasteiger partial charge in [0.1, 0.15) is 11.1 Å². The molecular weight excluding hydrogens is 539 g/mol. The van der Waals surface area contributed by atoms with E-state index < -0.39 is 0 Å². The Hall–Kier alpha value is -1.59. The smallest absolute Gasteiger partial charge is 0.194 e. The van der Waals surface area contributed by atoms with E-state index in [9.17, 15) is 0 Å². The van der Waals surface area contributed by atoms with E-state index in [-0.39, 0.29) is 30.1 Å². The summed E-state index contributed by atoms with van der Waals surface area (Å²) < 4.78 is 17.1. The van der Waals surface area contributed by atoms with Crippen LogP contribution in [-0.2, 0) is 17.8 Å². The number of hydrogen-bond donors (Lipinski definition) is 1. The Morgan fingerprint density at radius 2 is 2.03 bits per heavy atom. The molecule has 1 heterocycles. The lowest BCUT2D eigenvalue weighted by atomic mass is 10.2. The average Bonchev–Trinajstić information content (AvgIpc) is 3.46. The summed E-state index contributed by atoms with van der Waals surface area (Å²) in [6.07, 6.45) is 5.06. The van der Waals surface area contributed by atoms with E-state index in [1.165, 1.54) is 12.8 Å². The second-order valence-electron chi connectivity index (χ2n) is 7.82. The van der Waals surface area contributed by atoms with Crippen molar-refractivity contribution in [1.29, 1.82) is 0 Å². The van der Waals surface area contributed by atoms with E-state index in [1.54, 1.807) is 32.6 Å². The maximum atomic E-state index is 6.14. The highest BCUT2D eigenvalue weighted by Crippen LogP contribution is 2.32. The molecular formula is C23H35IN4O3S. The molecule has 0 amide bonds. The van der Waals surface area contributed by atoms with E-state index in [0.29, 0.717) is 19.2 Å². The molecule has 1 saturated carbocycles. The Morgan fingerprint density at radius 1 is 1.28 bits per heavy atom. The molecule has 0 bridgehead atoms. The van der Waals surface area contributed by atoms with E-state index in [1.807, 2.05) is 26.1 Å². The number of rotatable bonds is 9. The summed E-state index contributed by atoms with van der Waals surface area (Å²) in [4.78, 5) is 11.1. The molecule has 0 spiro atoms. The number of aliphatic imine (C=N–C) groups is 1. The molecule has 7 nitrogen and oxygen atoms in total. The van der Waals surface area contributed by atoms with Crippen molar-refractivity contribution in [2.75, 3.05) is 28.3 Å². The molecule has 3 rings (SSSR count). The second kappa shape index (κ2) is 13.2. The van der Waals surface area contributed by atoms with Crippen molar-refractivity contribution in [2.24, 2.45) is 4.99 Å². The molecule has 1 unspecified atom stereocenters. The Bertz CT molecular complexity index is 871. The van der Waals surface area contributed by atoms with Crippen molar-refractivity contribution in [3.63, 3.8) is 0 Å². The molecule has 178 valence electrons. The van der Waals surface area contributed by atoms with Crippen LogP contribution in [-0.4, -0.2) is 50.3 Å². The van der Waals surface area contributed by atoms with Gasteiger partial charge >= 0.3 is 0 Å². The molecule has 0 radical (unpaired) electrons. The minimum atomic E-state index is 0. The zero-order valence-electron chi connectivity index (χ0n) is 19.6. The lowest BCUT2D eigenvalue weighted by Gasteiger charge is -2.22. The number of nitrogens with one attached hydrogen (secondary N) is 1. The standard InChI is InChI=1S/C23H34N4O3S.HI/c1-16(28-4)22-26-18(15-31-22)14-27(3)23(24-2)25-13-17-10-11-20(21(12-17)29-5)30-19-8-6-7-9-19;/h10-12,15-16,19H,6-9,13-14H2,1-5H3,(H,24,25);1H. The van der Waals surface area contributed by atoms with Crippen molar-refractivity contribution in [1.82, 2.24) is 15.2 Å². The van der Waals surface area contributed by atoms with Crippen LogP contribution in [0.1, 0.15) is 55.0 Å². The first-order valence-corrected chi connectivity index (χ1v) is 11.6. The van der Waals surface area contributed by atoms with Gasteiger partial charge in [0.15, 0.2) is 17.5 Å². The predicted octanol–water partition coefficient (Wildman–Crippen LogP) is 5.01. The normalized spacial score (nSPS) is 15.2. The molecule has 1 aromatic heterocycles. The third-order valence-corrected chi connectivity index (χ3v) is 6.57. The minimum absolute atomic E-state index is 0. The summed E-state index contributed by atoms with van der Waals surface area (Å²) in [5.74, 6) is 2.40. The number of methoxy groups -OCH3 is 2. The topological polar surface area (TPSA) is 68.2 Å². The van der Waals surface area contributed by atoms with Gasteiger partial charge in [-0.15, -0.1) is 35.3 Å². The average molecular weight is 575 g/mol. The van der Waals surface area contributed by atoms with Crippen LogP contribution in [0.2, 0.25) is 0 Å². The fourth-order valence-electron chi connectivity index (χ4n) is 3.67. The van der Waals surface area contributed by atoms with Gasteiger partial charge < -0.3 is 24.4 Å². The first-order chi connectivity index (χ1) is 15.0. The minimum Gasteiger partial charge on any atom is -0.493 e. The number of guanidine groups is 1. The van der Waals surface area contributed by atoms with Crippen molar-refractivity contribution in [3.8, 4) is 11.5 Å². The Morgan fingerprint density at radius 3 is 2.69 bits per heavy atom. The Labute approximate surface area is 212 Å². The van der Waals surface area contributed by atoms with Gasteiger partial charge in [-0.25, -0.2) is 4.98 Å². The zero-order valence-corrected chi connectivity index (χ0v) is 22.7. The van der Waals surface area contributed by atoms with E-state index >= 15 is 0 Å². The second-order valence-corrected chi connectivity index (χ2v) is 8.71. The molecule has 1 aromatic carbocycles. The first kappa shape index (κ1) is 26.7. The lowest BCUT2D eigenvalue weighted by molar-refractivity contribution is 0.119. The number of ether oxygens (including phenoxy) is 3. The highest BCUT2D eigenvalue weighted by atomic mass is 127. The molecule has 1 aliphatic carbocycles. The summed E-state index contributed by atoms with van der Waals surface area (Å²) in [6, 6.07) is 6.11. The fourth-order valence-corrected chi connectivity index (χ4v) is 4.51. The van der Waals surface area contributed by atoms with E-state index in [4.69, 9.17) is 14.2 Å². The zero-order chi connectivity index (χ0) is 22.2. The predicted molar refractivity (Wildman–Crippen MR) is 140 cm³/mol. The van der Waals surface area contributed by atoms with Crippen molar-refractivity contribution >= 4 is 41.3 Å². The molecule has 1 fully saturated rings. The maximum Gasteiger partial charge on any atom is 0.194 e. The molecule has 9 heteroatoms. The van der Waals surface area contributed by atoms with E-state index in [2.05, 4.69) is 31.6 Å². The Kier molecular flexibility index (Phi) is 11.0. The van der Waals surface area contributed by atoms with Gasteiger partial charge in [-0.1, -0.05) is 6.07 Å². The van der Waals surface area contributed by atoms with Crippen molar-refractivity contribution in [2.45, 2.75) is 57.9 Å². The first-order valence-electron chi connectivity index (χ1n) is 10.8. The molecule has 1 aliphatic rings. The van der Waals surface area contributed by atoms with Gasteiger partial charge in [0.25, 0.3) is 0 Å². The number of aromatic nitrogens is 1. The molecule has 0 aliphatic heterocycles. The van der Waals surface area contributed by atoms with Gasteiger partial charge in [0.2, 0.25) is 0 Å². The van der Waals surface area contributed by atoms with Gasteiger partial charge in [-0.2, -0.15) is 0 Å². The summed E-state index contributed by atoms with van der Waals surface area (Å²) in [6.45, 7) is 3.31. The van der Waals surface area contributed by atoms with Crippen LogP contribution in [0.25, 0.3) is 0 Å². The van der Waals surface area contributed by atoms with Crippen LogP contribution < -0.4 is 14.8 Å². The largest absolute Gasteiger partial charge is 0.493 e. The number of benzene rings is 1. The third-order valence-electron chi connectivity index (χ3n) is 5.52. The fraction of sp³-hybridized carbons (Fsp3) is 0.565. The van der Waals surface area contributed by atoms with Crippen molar-refractivity contribution < 1.29 is 14.2 Å². The van der Waals surface area contributed by atoms with Crippen LogP contribution in [0.3, 0.4) is 0 Å². The number of halogens is 1. The van der Waals surface area contributed by atoms with Crippen LogP contribution in [0.4, 0.5) is 0 Å². The number of nitrogens with zero attached hydrogens (tertiary/aromatic N) is 3. The van der Waals surface area contributed by atoms with Crippen LogP contribution in [0.15, 0.2) is 28.6 Å². The maximum absolute atomic E-state index is 6.14. The molecule has 2 aromatic rings. The highest BCUT2D eigenvalue weighted by Gasteiger charge is 2.19. The van der Waals surface area contributed by atoms with Crippen molar-refractivity contribution in [3.05, 3.63) is 39.8 Å². The van der Waals surface area contributed by atoms with Crippen LogP contribution in [0.5, 0.6) is 11.5 Å². The number of hydrogen-bond acceptors (Lipinski definition) is 6. The number of thiazole rings is 1. The molecule has 1 N–H and O–H groups in total. The van der Waals surface area contributed by atoms with Gasteiger partial charge in [-0.3, -0.25) is 4.99 Å². The SMILES string of the molecule is CN=C(NCc1ccc(OC2CCCC2)c(OC)c1)N(C)Cc1csc(C(C)OC)n1.I. The lowest BCUT2D eigenvalue weighted by Crippen LogP contribution is -2.38. The van der Waals surface area contributed by atoms with Gasteiger partial charge in [0.05, 0.1) is 25.5 Å².